The number of fused-ring (bicyclic) bond motifs is 1. The van der Waals surface area contributed by atoms with Gasteiger partial charge >= 0.3 is 0 Å². The van der Waals surface area contributed by atoms with Gasteiger partial charge in [0.15, 0.2) is 0 Å². The number of carbonyl (C=O) groups is 1. The Kier molecular flexibility index (Phi) is 4.54. The lowest BCUT2D eigenvalue weighted by molar-refractivity contribution is -0.384. The molecule has 0 fully saturated rings. The molecule has 0 saturated carbocycles. The van der Waals surface area contributed by atoms with Crippen LogP contribution in [0.15, 0.2) is 35.2 Å². The Labute approximate surface area is 140 Å². The maximum absolute atomic E-state index is 11.4. The third-order valence-corrected chi connectivity index (χ3v) is 4.09. The minimum absolute atomic E-state index is 0.0467. The number of benzene rings is 1. The van der Waals surface area contributed by atoms with Gasteiger partial charge in [-0.05, 0) is 28.5 Å². The molecule has 0 aliphatic heterocycles. The van der Waals surface area contributed by atoms with Gasteiger partial charge in [-0.1, -0.05) is 0 Å². The summed E-state index contributed by atoms with van der Waals surface area (Å²) >= 11 is 1.48. The molecule has 2 N–H and O–H groups in total. The van der Waals surface area contributed by atoms with Crippen LogP contribution in [0.1, 0.15) is 0 Å². The Morgan fingerprint density at radius 1 is 1.46 bits per heavy atom. The molecule has 0 radical (unpaired) electrons. The second-order valence-electron chi connectivity index (χ2n) is 5.11. The van der Waals surface area contributed by atoms with Crippen LogP contribution >= 0.6 is 11.3 Å². The first-order valence-electron chi connectivity index (χ1n) is 7.09. The first-order valence-corrected chi connectivity index (χ1v) is 8.03. The van der Waals surface area contributed by atoms with E-state index in [0.717, 1.165) is 5.56 Å². The Morgan fingerprint density at radius 3 is 2.96 bits per heavy atom. The van der Waals surface area contributed by atoms with Gasteiger partial charge in [0.25, 0.3) is 5.69 Å². The van der Waals surface area contributed by atoms with Crippen LogP contribution in [0.2, 0.25) is 0 Å². The van der Waals surface area contributed by atoms with E-state index < -0.39 is 5.91 Å². The average Bonchev–Trinajstić information content (AvgIpc) is 3.18. The Morgan fingerprint density at radius 2 is 2.29 bits per heavy atom. The van der Waals surface area contributed by atoms with Crippen LogP contribution < -0.4 is 5.73 Å². The van der Waals surface area contributed by atoms with Gasteiger partial charge in [0, 0.05) is 17.6 Å². The number of nitro benzene ring substituents is 1. The van der Waals surface area contributed by atoms with Gasteiger partial charge in [0.05, 0.1) is 29.2 Å². The SMILES string of the molecule is NC(=O)COCCn1cc2cc([N+](=O)[O-])c(-c3ccsc3)cc2n1. The number of nitro groups is 1. The lowest BCUT2D eigenvalue weighted by atomic mass is 10.1. The third-order valence-electron chi connectivity index (χ3n) is 3.41. The second kappa shape index (κ2) is 6.77. The molecule has 2 heterocycles. The fraction of sp³-hybridized carbons (Fsp3) is 0.200. The van der Waals surface area contributed by atoms with E-state index in [0.29, 0.717) is 23.0 Å². The second-order valence-corrected chi connectivity index (χ2v) is 5.89. The highest BCUT2D eigenvalue weighted by atomic mass is 32.1. The number of nitrogens with zero attached hydrogens (tertiary/aromatic N) is 3. The van der Waals surface area contributed by atoms with Crippen LogP contribution in [0.3, 0.4) is 0 Å². The van der Waals surface area contributed by atoms with Crippen molar-refractivity contribution in [3.63, 3.8) is 0 Å². The van der Waals surface area contributed by atoms with E-state index in [1.54, 1.807) is 16.9 Å². The molecular formula is C15H14N4O4S. The van der Waals surface area contributed by atoms with Crippen molar-refractivity contribution in [2.45, 2.75) is 6.54 Å². The van der Waals surface area contributed by atoms with Crippen molar-refractivity contribution in [1.82, 2.24) is 9.78 Å². The smallest absolute Gasteiger partial charge is 0.278 e. The number of hydrogen-bond acceptors (Lipinski definition) is 6. The molecule has 9 heteroatoms. The monoisotopic (exact) mass is 346 g/mol. The first kappa shape index (κ1) is 16.1. The zero-order valence-electron chi connectivity index (χ0n) is 12.5. The summed E-state index contributed by atoms with van der Waals surface area (Å²) in [5, 5.41) is 20.2. The lowest BCUT2D eigenvalue weighted by Crippen LogP contribution is -2.19. The lowest BCUT2D eigenvalue weighted by Gasteiger charge is -2.01. The normalized spacial score (nSPS) is 11.0. The van der Waals surface area contributed by atoms with E-state index >= 15 is 0 Å². The highest BCUT2D eigenvalue weighted by molar-refractivity contribution is 7.08. The van der Waals surface area contributed by atoms with E-state index in [1.807, 2.05) is 16.8 Å². The molecule has 124 valence electrons. The largest absolute Gasteiger partial charge is 0.370 e. The number of rotatable bonds is 7. The van der Waals surface area contributed by atoms with E-state index in [4.69, 9.17) is 10.5 Å². The van der Waals surface area contributed by atoms with Crippen molar-refractivity contribution in [3.05, 3.63) is 45.3 Å². The first-order chi connectivity index (χ1) is 11.5. The number of aromatic nitrogens is 2. The molecule has 1 aromatic carbocycles. The summed E-state index contributed by atoms with van der Waals surface area (Å²) in [7, 11) is 0. The van der Waals surface area contributed by atoms with Crippen molar-refractivity contribution in [1.29, 1.82) is 0 Å². The van der Waals surface area contributed by atoms with Crippen LogP contribution in [0.25, 0.3) is 22.0 Å². The summed E-state index contributed by atoms with van der Waals surface area (Å²) in [5.74, 6) is -0.531. The number of amides is 1. The molecule has 0 saturated heterocycles. The molecule has 1 amide bonds. The Bertz CT molecular complexity index is 888. The topological polar surface area (TPSA) is 113 Å². The molecule has 0 spiro atoms. The molecular weight excluding hydrogens is 332 g/mol. The third kappa shape index (κ3) is 3.42. The molecule has 0 aliphatic carbocycles. The molecule has 24 heavy (non-hydrogen) atoms. The van der Waals surface area contributed by atoms with E-state index in [9.17, 15) is 14.9 Å². The molecule has 0 unspecified atom stereocenters. The average molecular weight is 346 g/mol. The molecule has 2 aromatic heterocycles. The maximum atomic E-state index is 11.4. The Hall–Kier alpha value is -2.78. The number of carbonyl (C=O) groups excluding carboxylic acids is 1. The predicted molar refractivity (Wildman–Crippen MR) is 89.7 cm³/mol. The minimum Gasteiger partial charge on any atom is -0.370 e. The van der Waals surface area contributed by atoms with Crippen molar-refractivity contribution < 1.29 is 14.5 Å². The summed E-state index contributed by atoms with van der Waals surface area (Å²) in [6.45, 7) is 0.550. The van der Waals surface area contributed by atoms with Gasteiger partial charge < -0.3 is 10.5 Å². The summed E-state index contributed by atoms with van der Waals surface area (Å²) in [4.78, 5) is 21.6. The predicted octanol–water partition coefficient (Wildman–Crippen LogP) is 2.17. The van der Waals surface area contributed by atoms with Gasteiger partial charge in [-0.15, -0.1) is 0 Å². The van der Waals surface area contributed by atoms with E-state index in [1.165, 1.54) is 17.4 Å². The van der Waals surface area contributed by atoms with Crippen LogP contribution in [0.4, 0.5) is 5.69 Å². The highest BCUT2D eigenvalue weighted by Gasteiger charge is 2.18. The molecule has 0 atom stereocenters. The maximum Gasteiger partial charge on any atom is 0.278 e. The molecule has 3 rings (SSSR count). The standard InChI is InChI=1S/C15H14N4O4S/c16-15(20)8-23-3-2-18-7-11-5-14(19(21)22)12(6-13(11)17-18)10-1-4-24-9-10/h1,4-7,9H,2-3,8H2,(H2,16,20). The van der Waals surface area contributed by atoms with Crippen molar-refractivity contribution in [2.75, 3.05) is 13.2 Å². The number of nitrogens with two attached hydrogens (primary N) is 1. The zero-order chi connectivity index (χ0) is 17.1. The molecule has 8 nitrogen and oxygen atoms in total. The fourth-order valence-electron chi connectivity index (χ4n) is 2.36. The van der Waals surface area contributed by atoms with E-state index in [-0.39, 0.29) is 23.8 Å². The summed E-state index contributed by atoms with van der Waals surface area (Å²) < 4.78 is 6.73. The summed E-state index contributed by atoms with van der Waals surface area (Å²) in [6.07, 6.45) is 1.72. The number of primary amides is 1. The number of hydrogen-bond donors (Lipinski definition) is 1. The van der Waals surface area contributed by atoms with Gasteiger partial charge in [-0.3, -0.25) is 19.6 Å². The van der Waals surface area contributed by atoms with Crippen molar-refractivity contribution in [2.24, 2.45) is 5.73 Å². The summed E-state index contributed by atoms with van der Waals surface area (Å²) in [6, 6.07) is 5.08. The quantitative estimate of drug-likeness (QED) is 0.400. The van der Waals surface area contributed by atoms with Gasteiger partial charge in [0.2, 0.25) is 5.91 Å². The van der Waals surface area contributed by atoms with E-state index in [2.05, 4.69) is 5.10 Å². The van der Waals surface area contributed by atoms with Crippen LogP contribution in [-0.2, 0) is 16.1 Å². The highest BCUT2D eigenvalue weighted by Crippen LogP contribution is 2.34. The minimum atomic E-state index is -0.531. The van der Waals surface area contributed by atoms with Gasteiger partial charge in [0.1, 0.15) is 6.61 Å². The van der Waals surface area contributed by atoms with Crippen molar-refractivity contribution in [3.8, 4) is 11.1 Å². The fourth-order valence-corrected chi connectivity index (χ4v) is 3.01. The molecule has 3 aromatic rings. The van der Waals surface area contributed by atoms with Crippen LogP contribution in [-0.4, -0.2) is 33.8 Å². The molecule has 0 bridgehead atoms. The number of thiophene rings is 1. The Balaban J connectivity index is 1.89. The van der Waals surface area contributed by atoms with Crippen molar-refractivity contribution >= 4 is 33.8 Å². The summed E-state index contributed by atoms with van der Waals surface area (Å²) in [5.41, 5.74) is 7.05. The van der Waals surface area contributed by atoms with Gasteiger partial charge in [-0.25, -0.2) is 0 Å². The van der Waals surface area contributed by atoms with Crippen LogP contribution in [0.5, 0.6) is 0 Å². The molecule has 0 aliphatic rings. The number of ether oxygens (including phenoxy) is 1. The zero-order valence-corrected chi connectivity index (χ0v) is 13.4. The van der Waals surface area contributed by atoms with Gasteiger partial charge in [-0.2, -0.15) is 16.4 Å². The van der Waals surface area contributed by atoms with Crippen LogP contribution in [0, 0.1) is 10.1 Å².